The van der Waals surface area contributed by atoms with Crippen LogP contribution in [0.3, 0.4) is 0 Å². The number of fused-ring (bicyclic) bond motifs is 1. The quantitative estimate of drug-likeness (QED) is 0.142. The second kappa shape index (κ2) is 12.4. The van der Waals surface area contributed by atoms with Gasteiger partial charge in [-0.2, -0.15) is 0 Å². The molecule has 236 valence electrons. The van der Waals surface area contributed by atoms with E-state index in [1.165, 1.54) is 10.9 Å². The smallest absolute Gasteiger partial charge is 0.437 e. The number of imidazole rings is 1. The van der Waals surface area contributed by atoms with E-state index in [1.54, 1.807) is 48.5 Å². The summed E-state index contributed by atoms with van der Waals surface area (Å²) in [5.41, 5.74) is -3.82. The Kier molecular flexibility index (Phi) is 9.91. The van der Waals surface area contributed by atoms with Crippen LogP contribution in [0.1, 0.15) is 65.2 Å². The number of phosphoric ester groups is 1. The number of phosphoric acid groups is 1. The van der Waals surface area contributed by atoms with Crippen molar-refractivity contribution in [3.05, 3.63) is 24.7 Å². The summed E-state index contributed by atoms with van der Waals surface area (Å²) in [5, 5.41) is 16.4. The molecule has 1 fully saturated rings. The number of carbonyl (C=O) groups excluding carboxylic acids is 3. The van der Waals surface area contributed by atoms with E-state index in [1.807, 2.05) is 0 Å². The number of nitrogens with one attached hydrogen (secondary N) is 2. The predicted molar refractivity (Wildman–Crippen MR) is 143 cm³/mol. The minimum atomic E-state index is -4.71. The molecule has 0 aromatic carbocycles. The number of anilines is 1. The number of halogens is 1. The number of carbonyl (C=O) groups is 3. The summed E-state index contributed by atoms with van der Waals surface area (Å²) in [7, 11) is -4.71. The average Bonchev–Trinajstić information content (AvgIpc) is 3.41. The monoisotopic (exact) mass is 620 g/mol. The molecular weight excluding hydrogens is 582 g/mol. The van der Waals surface area contributed by atoms with Crippen LogP contribution >= 0.6 is 7.82 Å². The normalized spacial score (nSPS) is 26.2. The first-order valence-corrected chi connectivity index (χ1v) is 14.5. The van der Waals surface area contributed by atoms with Crippen LogP contribution < -0.4 is 10.6 Å². The van der Waals surface area contributed by atoms with Crippen molar-refractivity contribution in [1.82, 2.24) is 14.9 Å². The molecule has 0 saturated carbocycles. The molecule has 1 aromatic heterocycles. The molecule has 1 unspecified atom stereocenters. The van der Waals surface area contributed by atoms with Gasteiger partial charge in [-0.3, -0.25) is 23.5 Å². The number of esters is 2. The van der Waals surface area contributed by atoms with Gasteiger partial charge in [0.25, 0.3) is 5.91 Å². The van der Waals surface area contributed by atoms with E-state index in [2.05, 4.69) is 22.2 Å². The van der Waals surface area contributed by atoms with Gasteiger partial charge in [0.05, 0.1) is 29.9 Å². The summed E-state index contributed by atoms with van der Waals surface area (Å²) in [6.07, 6.45) is -3.78. The Morgan fingerprint density at radius 1 is 1.14 bits per heavy atom. The molecule has 3 N–H and O–H groups in total. The van der Waals surface area contributed by atoms with Crippen molar-refractivity contribution in [3.63, 3.8) is 0 Å². The lowest BCUT2D eigenvalue weighted by molar-refractivity contribution is -0.164. The van der Waals surface area contributed by atoms with Crippen LogP contribution in [0, 0.1) is 10.8 Å². The van der Waals surface area contributed by atoms with Crippen LogP contribution in [0.15, 0.2) is 19.0 Å². The molecule has 1 amide bonds. The number of alkyl halides is 1. The molecule has 0 radical (unpaired) electrons. The topological polar surface area (TPSA) is 186 Å². The third-order valence-corrected chi connectivity index (χ3v) is 7.51. The van der Waals surface area contributed by atoms with E-state index in [0.29, 0.717) is 0 Å². The highest BCUT2D eigenvalue weighted by Crippen LogP contribution is 2.52. The molecule has 5 atom stereocenters. The summed E-state index contributed by atoms with van der Waals surface area (Å²) in [6.45, 7) is 12.2. The number of nitrogens with zero attached hydrogens (tertiary/aromatic N) is 2. The fourth-order valence-corrected chi connectivity index (χ4v) is 4.67. The average molecular weight is 621 g/mol. The Labute approximate surface area is 242 Å². The maximum Gasteiger partial charge on any atom is 0.480 e. The van der Waals surface area contributed by atoms with E-state index in [4.69, 9.17) is 27.8 Å². The van der Waals surface area contributed by atoms with E-state index < -0.39 is 87.0 Å². The number of aromatic nitrogens is 2. The number of aliphatic hydroxyl groups excluding tert-OH is 1. The van der Waals surface area contributed by atoms with Crippen molar-refractivity contribution in [3.8, 4) is 0 Å². The molecule has 2 aliphatic rings. The minimum absolute atomic E-state index is 0.00773. The fourth-order valence-electron chi connectivity index (χ4n) is 3.73. The van der Waals surface area contributed by atoms with Gasteiger partial charge in [0.2, 0.25) is 13.6 Å². The SMILES string of the molecule is C=C[C@]1(COP(=O)(OCOC(=O)C(C)(C)C)OCOC(=O)C(C)(C)C)O[C@@H](n2cnc3c2NC(C)NC3=O)[C@H](F)[C@@H]1O. The minimum Gasteiger partial charge on any atom is -0.437 e. The Bertz CT molecular complexity index is 1210. The first-order valence-electron chi connectivity index (χ1n) is 13.0. The van der Waals surface area contributed by atoms with E-state index >= 15 is 4.39 Å². The van der Waals surface area contributed by atoms with Crippen LogP contribution in [0.5, 0.6) is 0 Å². The van der Waals surface area contributed by atoms with Crippen molar-refractivity contribution in [2.24, 2.45) is 10.8 Å². The van der Waals surface area contributed by atoms with Crippen LogP contribution in [0.25, 0.3) is 0 Å². The largest absolute Gasteiger partial charge is 0.480 e. The molecule has 0 spiro atoms. The van der Waals surface area contributed by atoms with Crippen molar-refractivity contribution in [1.29, 1.82) is 0 Å². The van der Waals surface area contributed by atoms with Crippen LogP contribution in [-0.4, -0.2) is 76.7 Å². The zero-order valence-electron chi connectivity index (χ0n) is 24.5. The molecule has 1 aromatic rings. The molecule has 1 saturated heterocycles. The van der Waals surface area contributed by atoms with Gasteiger partial charge in [-0.1, -0.05) is 6.08 Å². The second-order valence-corrected chi connectivity index (χ2v) is 13.5. The first kappa shape index (κ1) is 33.6. The Morgan fingerprint density at radius 3 is 2.19 bits per heavy atom. The third kappa shape index (κ3) is 7.36. The van der Waals surface area contributed by atoms with Gasteiger partial charge < -0.3 is 30.0 Å². The van der Waals surface area contributed by atoms with E-state index in [-0.39, 0.29) is 11.5 Å². The lowest BCUT2D eigenvalue weighted by Gasteiger charge is -2.30. The molecule has 15 nitrogen and oxygen atoms in total. The van der Waals surface area contributed by atoms with Crippen LogP contribution in [0.4, 0.5) is 10.2 Å². The van der Waals surface area contributed by atoms with Crippen molar-refractivity contribution in [2.75, 3.05) is 25.5 Å². The van der Waals surface area contributed by atoms with Gasteiger partial charge in [-0.25, -0.2) is 23.0 Å². The van der Waals surface area contributed by atoms with Gasteiger partial charge in [0, 0.05) is 0 Å². The number of ether oxygens (including phenoxy) is 3. The molecule has 3 heterocycles. The van der Waals surface area contributed by atoms with Gasteiger partial charge >= 0.3 is 19.8 Å². The molecule has 17 heteroatoms. The van der Waals surface area contributed by atoms with Gasteiger partial charge in [-0.15, -0.1) is 6.58 Å². The van der Waals surface area contributed by atoms with Crippen molar-refractivity contribution in [2.45, 2.75) is 78.7 Å². The van der Waals surface area contributed by atoms with Crippen molar-refractivity contribution >= 4 is 31.5 Å². The zero-order chi connectivity index (χ0) is 31.7. The molecule has 0 bridgehead atoms. The lowest BCUT2D eigenvalue weighted by atomic mass is 9.97. The Balaban J connectivity index is 1.78. The van der Waals surface area contributed by atoms with E-state index in [0.717, 1.165) is 6.08 Å². The fraction of sp³-hybridized carbons (Fsp3) is 0.680. The lowest BCUT2D eigenvalue weighted by Crippen LogP contribution is -2.44. The second-order valence-electron chi connectivity index (χ2n) is 11.8. The summed E-state index contributed by atoms with van der Waals surface area (Å²) >= 11 is 0. The third-order valence-electron chi connectivity index (χ3n) is 6.22. The van der Waals surface area contributed by atoms with Gasteiger partial charge in [0.1, 0.15) is 17.5 Å². The highest BCUT2D eigenvalue weighted by molar-refractivity contribution is 7.48. The maximum absolute atomic E-state index is 15.5. The summed E-state index contributed by atoms with van der Waals surface area (Å²) in [5.74, 6) is -1.70. The van der Waals surface area contributed by atoms with Gasteiger partial charge in [0.15, 0.2) is 18.1 Å². The standard InChI is InChI=1S/C25H38FN4O11P/c1-9-25(17(31)15(26)20(41-25)30-11-27-16-18(30)28-14(2)29-19(16)32)10-38-42(35,39-12-36-21(33)23(3,4)5)40-13-37-22(34)24(6,7)8/h9,11,14-15,17,20,28,31H,1,10,12-13H2,2-8H3,(H,29,32)/t14?,15-,17+,20-,25-/m1/s1. The van der Waals surface area contributed by atoms with E-state index in [9.17, 15) is 24.1 Å². The molecular formula is C25H38FN4O11P. The van der Waals surface area contributed by atoms with Crippen LogP contribution in [-0.2, 0) is 41.9 Å². The number of aliphatic hydroxyl groups is 1. The molecule has 2 aliphatic heterocycles. The number of rotatable bonds is 11. The molecule has 3 rings (SSSR count). The zero-order valence-corrected chi connectivity index (χ0v) is 25.4. The van der Waals surface area contributed by atoms with Gasteiger partial charge in [-0.05, 0) is 48.5 Å². The number of hydrogen-bond donors (Lipinski definition) is 3. The summed E-state index contributed by atoms with van der Waals surface area (Å²) < 4.78 is 61.6. The van der Waals surface area contributed by atoms with Crippen LogP contribution in [0.2, 0.25) is 0 Å². The number of hydrogen-bond acceptors (Lipinski definition) is 13. The number of amides is 1. The Morgan fingerprint density at radius 2 is 1.69 bits per heavy atom. The Hall–Kier alpha value is -2.88. The predicted octanol–water partition coefficient (Wildman–Crippen LogP) is 2.79. The molecule has 42 heavy (non-hydrogen) atoms. The first-order chi connectivity index (χ1) is 19.3. The maximum atomic E-state index is 15.5. The summed E-state index contributed by atoms with van der Waals surface area (Å²) in [6, 6.07) is 0. The molecule has 0 aliphatic carbocycles. The highest BCUT2D eigenvalue weighted by atomic mass is 31.2. The highest BCUT2D eigenvalue weighted by Gasteiger charge is 2.56. The summed E-state index contributed by atoms with van der Waals surface area (Å²) in [4.78, 5) is 40.5. The van der Waals surface area contributed by atoms with Crippen molar-refractivity contribution < 1.29 is 56.2 Å².